The molecule has 0 aliphatic carbocycles. The fraction of sp³-hybridized carbons (Fsp3) is 0.333. The van der Waals surface area contributed by atoms with Gasteiger partial charge in [-0.3, -0.25) is 0 Å². The van der Waals surface area contributed by atoms with Gasteiger partial charge in [0.25, 0.3) is 0 Å². The van der Waals surface area contributed by atoms with E-state index >= 15 is 0 Å². The van der Waals surface area contributed by atoms with Crippen LogP contribution in [0.15, 0.2) is 53.1 Å². The van der Waals surface area contributed by atoms with Gasteiger partial charge in [0.05, 0.1) is 18.9 Å². The number of rotatable bonds is 5. The first-order valence-electron chi connectivity index (χ1n) is 10.7. The van der Waals surface area contributed by atoms with E-state index in [1.807, 2.05) is 30.0 Å². The fourth-order valence-electron chi connectivity index (χ4n) is 3.84. The largest absolute Gasteiger partial charge is 0.496 e. The van der Waals surface area contributed by atoms with Crippen molar-refractivity contribution in [1.29, 1.82) is 0 Å². The lowest BCUT2D eigenvalue weighted by atomic mass is 10.1. The van der Waals surface area contributed by atoms with Crippen LogP contribution >= 0.6 is 0 Å². The standard InChI is InChI=1S/C24H27FN4O3/c1-17-26-16-23(32-17)21-9-8-20(14-22(21)31-2)28-10-3-11-29(13-12-28)24(30)27-15-18-4-6-19(25)7-5-18/h4-9,14,16H,3,10-13,15H2,1-2H3,(H,27,30). The predicted octanol–water partition coefficient (Wildman–Crippen LogP) is 4.22. The van der Waals surface area contributed by atoms with Crippen molar-refractivity contribution in [3.8, 4) is 17.1 Å². The molecule has 32 heavy (non-hydrogen) atoms. The lowest BCUT2D eigenvalue weighted by Crippen LogP contribution is -2.41. The highest BCUT2D eigenvalue weighted by Gasteiger charge is 2.20. The van der Waals surface area contributed by atoms with E-state index in [0.717, 1.165) is 35.5 Å². The average Bonchev–Trinajstić information content (AvgIpc) is 3.09. The Labute approximate surface area is 186 Å². The first kappa shape index (κ1) is 21.7. The number of oxazole rings is 1. The van der Waals surface area contributed by atoms with Crippen LogP contribution in [0.25, 0.3) is 11.3 Å². The van der Waals surface area contributed by atoms with Crippen LogP contribution in [0.2, 0.25) is 0 Å². The van der Waals surface area contributed by atoms with Gasteiger partial charge < -0.3 is 24.3 Å². The van der Waals surface area contributed by atoms with Gasteiger partial charge in [0.15, 0.2) is 11.7 Å². The van der Waals surface area contributed by atoms with Crippen LogP contribution in [-0.2, 0) is 6.54 Å². The Kier molecular flexibility index (Phi) is 6.58. The zero-order valence-electron chi connectivity index (χ0n) is 18.3. The number of ether oxygens (including phenoxy) is 1. The number of amides is 2. The summed E-state index contributed by atoms with van der Waals surface area (Å²) in [5.74, 6) is 1.72. The van der Waals surface area contributed by atoms with Crippen molar-refractivity contribution in [2.45, 2.75) is 19.9 Å². The smallest absolute Gasteiger partial charge is 0.317 e. The Morgan fingerprint density at radius 1 is 1.16 bits per heavy atom. The molecule has 168 valence electrons. The lowest BCUT2D eigenvalue weighted by molar-refractivity contribution is 0.201. The van der Waals surface area contributed by atoms with Gasteiger partial charge in [0.1, 0.15) is 11.6 Å². The van der Waals surface area contributed by atoms with Crippen molar-refractivity contribution in [3.05, 3.63) is 65.9 Å². The highest BCUT2D eigenvalue weighted by atomic mass is 19.1. The van der Waals surface area contributed by atoms with Crippen LogP contribution < -0.4 is 15.0 Å². The molecular formula is C24H27FN4O3. The molecular weight excluding hydrogens is 411 g/mol. The van der Waals surface area contributed by atoms with Crippen molar-refractivity contribution in [2.75, 3.05) is 38.2 Å². The van der Waals surface area contributed by atoms with E-state index in [9.17, 15) is 9.18 Å². The van der Waals surface area contributed by atoms with Gasteiger partial charge in [-0.1, -0.05) is 12.1 Å². The van der Waals surface area contributed by atoms with Gasteiger partial charge in [0.2, 0.25) is 0 Å². The minimum Gasteiger partial charge on any atom is -0.496 e. The molecule has 2 amide bonds. The summed E-state index contributed by atoms with van der Waals surface area (Å²) in [7, 11) is 1.64. The minimum atomic E-state index is -0.284. The summed E-state index contributed by atoms with van der Waals surface area (Å²) in [5, 5.41) is 2.93. The van der Waals surface area contributed by atoms with Gasteiger partial charge in [-0.15, -0.1) is 0 Å². The highest BCUT2D eigenvalue weighted by molar-refractivity contribution is 5.74. The number of halogens is 1. The van der Waals surface area contributed by atoms with Gasteiger partial charge in [0, 0.05) is 51.4 Å². The van der Waals surface area contributed by atoms with E-state index < -0.39 is 0 Å². The molecule has 1 aliphatic heterocycles. The number of hydrogen-bond donors (Lipinski definition) is 1. The van der Waals surface area contributed by atoms with Crippen molar-refractivity contribution < 1.29 is 18.3 Å². The summed E-state index contributed by atoms with van der Waals surface area (Å²) < 4.78 is 24.3. The minimum absolute atomic E-state index is 0.107. The molecule has 0 bridgehead atoms. The maximum absolute atomic E-state index is 13.0. The molecule has 1 aliphatic rings. The monoisotopic (exact) mass is 438 g/mol. The third kappa shape index (κ3) is 5.01. The Balaban J connectivity index is 1.38. The van der Waals surface area contributed by atoms with Gasteiger partial charge in [-0.2, -0.15) is 0 Å². The molecule has 2 heterocycles. The van der Waals surface area contributed by atoms with E-state index in [0.29, 0.717) is 37.8 Å². The molecule has 8 heteroatoms. The van der Waals surface area contributed by atoms with Crippen LogP contribution in [0.4, 0.5) is 14.9 Å². The molecule has 0 spiro atoms. The molecule has 1 saturated heterocycles. The SMILES string of the molecule is COc1cc(N2CCCN(C(=O)NCc3ccc(F)cc3)CC2)ccc1-c1cnc(C)o1. The summed E-state index contributed by atoms with van der Waals surface area (Å²) in [4.78, 5) is 20.9. The maximum Gasteiger partial charge on any atom is 0.317 e. The number of benzene rings is 2. The van der Waals surface area contributed by atoms with Crippen LogP contribution in [0.5, 0.6) is 5.75 Å². The van der Waals surface area contributed by atoms with E-state index in [1.165, 1.54) is 12.1 Å². The molecule has 0 atom stereocenters. The number of carbonyl (C=O) groups excluding carboxylic acids is 1. The van der Waals surface area contributed by atoms with Crippen molar-refractivity contribution in [3.63, 3.8) is 0 Å². The van der Waals surface area contributed by atoms with E-state index in [4.69, 9.17) is 9.15 Å². The number of anilines is 1. The number of urea groups is 1. The summed E-state index contributed by atoms with van der Waals surface area (Å²) in [5.41, 5.74) is 2.76. The molecule has 0 radical (unpaired) electrons. The van der Waals surface area contributed by atoms with Crippen LogP contribution in [0.1, 0.15) is 17.9 Å². The van der Waals surface area contributed by atoms with Gasteiger partial charge in [-0.05, 0) is 36.2 Å². The topological polar surface area (TPSA) is 70.8 Å². The highest BCUT2D eigenvalue weighted by Crippen LogP contribution is 2.34. The van der Waals surface area contributed by atoms with Gasteiger partial charge >= 0.3 is 6.03 Å². The Hall–Kier alpha value is -3.55. The molecule has 0 unspecified atom stereocenters. The summed E-state index contributed by atoms with van der Waals surface area (Å²) >= 11 is 0. The first-order chi connectivity index (χ1) is 15.5. The summed E-state index contributed by atoms with van der Waals surface area (Å²) in [6, 6.07) is 12.1. The van der Waals surface area contributed by atoms with Crippen molar-refractivity contribution >= 4 is 11.7 Å². The van der Waals surface area contributed by atoms with E-state index in [-0.39, 0.29) is 11.8 Å². The Morgan fingerprint density at radius 3 is 2.69 bits per heavy atom. The van der Waals surface area contributed by atoms with E-state index in [2.05, 4.69) is 15.2 Å². The van der Waals surface area contributed by atoms with Crippen LogP contribution in [0.3, 0.4) is 0 Å². The number of carbonyl (C=O) groups is 1. The van der Waals surface area contributed by atoms with Crippen molar-refractivity contribution in [2.24, 2.45) is 0 Å². The molecule has 3 aromatic rings. The number of aryl methyl sites for hydroxylation is 1. The molecule has 0 saturated carbocycles. The zero-order valence-corrected chi connectivity index (χ0v) is 18.3. The lowest BCUT2D eigenvalue weighted by Gasteiger charge is -2.24. The zero-order chi connectivity index (χ0) is 22.5. The quantitative estimate of drug-likeness (QED) is 0.646. The third-order valence-corrected chi connectivity index (χ3v) is 5.58. The molecule has 1 N–H and O–H groups in total. The first-order valence-corrected chi connectivity index (χ1v) is 10.7. The molecule has 1 fully saturated rings. The number of aromatic nitrogens is 1. The summed E-state index contributed by atoms with van der Waals surface area (Å²) in [6.07, 6.45) is 2.55. The number of methoxy groups -OCH3 is 1. The van der Waals surface area contributed by atoms with Crippen molar-refractivity contribution in [1.82, 2.24) is 15.2 Å². The predicted molar refractivity (Wildman–Crippen MR) is 120 cm³/mol. The van der Waals surface area contributed by atoms with Crippen LogP contribution in [-0.4, -0.2) is 49.2 Å². The van der Waals surface area contributed by atoms with Gasteiger partial charge in [-0.25, -0.2) is 14.2 Å². The number of nitrogens with zero attached hydrogens (tertiary/aromatic N) is 3. The Morgan fingerprint density at radius 2 is 1.97 bits per heavy atom. The summed E-state index contributed by atoms with van der Waals surface area (Å²) in [6.45, 7) is 5.03. The second-order valence-corrected chi connectivity index (χ2v) is 7.74. The second kappa shape index (κ2) is 9.72. The van der Waals surface area contributed by atoms with E-state index in [1.54, 1.807) is 25.4 Å². The average molecular weight is 439 g/mol. The second-order valence-electron chi connectivity index (χ2n) is 7.74. The Bertz CT molecular complexity index is 1070. The molecule has 4 rings (SSSR count). The molecule has 7 nitrogen and oxygen atoms in total. The van der Waals surface area contributed by atoms with Crippen LogP contribution in [0, 0.1) is 12.7 Å². The molecule has 2 aromatic carbocycles. The number of nitrogens with one attached hydrogen (secondary N) is 1. The fourth-order valence-corrected chi connectivity index (χ4v) is 3.84. The third-order valence-electron chi connectivity index (χ3n) is 5.58. The number of hydrogen-bond acceptors (Lipinski definition) is 5. The maximum atomic E-state index is 13.0. The normalized spacial score (nSPS) is 14.2. The molecule has 1 aromatic heterocycles.